The van der Waals surface area contributed by atoms with E-state index in [0.29, 0.717) is 6.08 Å². The first kappa shape index (κ1) is 24.2. The van der Waals surface area contributed by atoms with Crippen LogP contribution in [0.5, 0.6) is 0 Å². The van der Waals surface area contributed by atoms with Crippen LogP contribution in [0.2, 0.25) is 0 Å². The SMILES string of the molecule is C=C(/C=C\C(=C/C)C(F)(F)F)[C@H](NC(=O)C1CNC(=O)C1)c1ncccc1C(F)(F)F. The number of hydrogen-bond acceptors (Lipinski definition) is 3. The number of allylic oxidation sites excluding steroid dienone is 3. The summed E-state index contributed by atoms with van der Waals surface area (Å²) in [5.74, 6) is -1.99. The van der Waals surface area contributed by atoms with Gasteiger partial charge in [-0.05, 0) is 24.6 Å². The van der Waals surface area contributed by atoms with E-state index in [4.69, 9.17) is 0 Å². The third kappa shape index (κ3) is 6.19. The zero-order valence-corrected chi connectivity index (χ0v) is 16.3. The van der Waals surface area contributed by atoms with Crippen molar-refractivity contribution in [2.24, 2.45) is 5.92 Å². The van der Waals surface area contributed by atoms with Crippen LogP contribution < -0.4 is 10.6 Å². The van der Waals surface area contributed by atoms with Gasteiger partial charge in [0.15, 0.2) is 0 Å². The molecule has 0 radical (unpaired) electrons. The first-order valence-electron chi connectivity index (χ1n) is 9.04. The molecule has 2 N–H and O–H groups in total. The molecule has 1 aliphatic heterocycles. The minimum Gasteiger partial charge on any atom is -0.355 e. The van der Waals surface area contributed by atoms with Gasteiger partial charge in [0.1, 0.15) is 0 Å². The molecule has 5 nitrogen and oxygen atoms in total. The zero-order valence-electron chi connectivity index (χ0n) is 16.3. The number of nitrogens with one attached hydrogen (secondary N) is 2. The number of hydrogen-bond donors (Lipinski definition) is 2. The van der Waals surface area contributed by atoms with E-state index >= 15 is 0 Å². The van der Waals surface area contributed by atoms with Crippen LogP contribution in [0.1, 0.15) is 30.6 Å². The van der Waals surface area contributed by atoms with Crippen LogP contribution in [-0.2, 0) is 15.8 Å². The van der Waals surface area contributed by atoms with Gasteiger partial charge in [0, 0.05) is 19.2 Å². The first-order valence-corrected chi connectivity index (χ1v) is 9.04. The molecule has 2 rings (SSSR count). The molecular weight excluding hydrogens is 428 g/mol. The lowest BCUT2D eigenvalue weighted by Crippen LogP contribution is -2.36. The molecule has 0 aromatic carbocycles. The predicted octanol–water partition coefficient (Wildman–Crippen LogP) is 4.01. The van der Waals surface area contributed by atoms with Crippen molar-refractivity contribution in [2.45, 2.75) is 31.7 Å². The predicted molar refractivity (Wildman–Crippen MR) is 99.3 cm³/mol. The van der Waals surface area contributed by atoms with Gasteiger partial charge in [-0.3, -0.25) is 14.6 Å². The first-order chi connectivity index (χ1) is 14.3. The van der Waals surface area contributed by atoms with Gasteiger partial charge in [0.05, 0.1) is 28.8 Å². The van der Waals surface area contributed by atoms with Crippen molar-refractivity contribution in [2.75, 3.05) is 6.54 Å². The van der Waals surface area contributed by atoms with Gasteiger partial charge in [0.25, 0.3) is 0 Å². The number of amides is 2. The van der Waals surface area contributed by atoms with E-state index in [1.807, 2.05) is 0 Å². The molecule has 1 fully saturated rings. The van der Waals surface area contributed by atoms with Gasteiger partial charge >= 0.3 is 12.4 Å². The lowest BCUT2D eigenvalue weighted by Gasteiger charge is -2.23. The molecule has 0 spiro atoms. The Bertz CT molecular complexity index is 918. The van der Waals surface area contributed by atoms with Crippen LogP contribution in [0.4, 0.5) is 26.3 Å². The highest BCUT2D eigenvalue weighted by atomic mass is 19.4. The highest BCUT2D eigenvalue weighted by Gasteiger charge is 2.38. The average molecular weight is 447 g/mol. The lowest BCUT2D eigenvalue weighted by atomic mass is 9.97. The van der Waals surface area contributed by atoms with E-state index in [0.717, 1.165) is 37.4 Å². The second-order valence-electron chi connectivity index (χ2n) is 6.73. The Kier molecular flexibility index (Phi) is 7.29. The Hall–Kier alpha value is -3.11. The number of carbonyl (C=O) groups excluding carboxylic acids is 2. The van der Waals surface area contributed by atoms with Crippen molar-refractivity contribution in [1.82, 2.24) is 15.6 Å². The maximum Gasteiger partial charge on any atom is 0.418 e. The van der Waals surface area contributed by atoms with Gasteiger partial charge < -0.3 is 10.6 Å². The Balaban J connectivity index is 2.43. The fourth-order valence-electron chi connectivity index (χ4n) is 2.92. The molecule has 1 aromatic heterocycles. The minimum atomic E-state index is -4.83. The van der Waals surface area contributed by atoms with Gasteiger partial charge in [-0.15, -0.1) is 0 Å². The minimum absolute atomic E-state index is 0.00908. The summed E-state index contributed by atoms with van der Waals surface area (Å²) in [4.78, 5) is 27.6. The van der Waals surface area contributed by atoms with Gasteiger partial charge in [-0.1, -0.05) is 24.8 Å². The Morgan fingerprint density at radius 1 is 1.29 bits per heavy atom. The average Bonchev–Trinajstić information content (AvgIpc) is 3.11. The summed E-state index contributed by atoms with van der Waals surface area (Å²) < 4.78 is 79.3. The molecule has 1 aromatic rings. The molecule has 2 amide bonds. The molecule has 0 saturated carbocycles. The van der Waals surface area contributed by atoms with E-state index in [2.05, 4.69) is 22.2 Å². The normalized spacial score (nSPS) is 18.7. The third-order valence-electron chi connectivity index (χ3n) is 4.54. The monoisotopic (exact) mass is 447 g/mol. The summed E-state index contributed by atoms with van der Waals surface area (Å²) in [5.41, 5.74) is -3.08. The van der Waals surface area contributed by atoms with E-state index in [1.54, 1.807) is 0 Å². The lowest BCUT2D eigenvalue weighted by molar-refractivity contribution is -0.139. The standard InChI is InChI=1S/C20H19F6N3O2/c1-3-13(19(21,22)23)7-6-11(2)16(29-18(31)12-9-15(30)28-10-12)17-14(20(24,25)26)5-4-8-27-17/h3-8,12,16H,2,9-10H2,1H3,(H,28,30)(H,29,31)/b7-6-,13-3+/t12?,16-/m0/s1. The van der Waals surface area contributed by atoms with Crippen molar-refractivity contribution >= 4 is 11.8 Å². The number of rotatable bonds is 6. The number of halogens is 6. The van der Waals surface area contributed by atoms with Crippen LogP contribution in [0.3, 0.4) is 0 Å². The van der Waals surface area contributed by atoms with Gasteiger partial charge in [-0.2, -0.15) is 26.3 Å². The summed E-state index contributed by atoms with van der Waals surface area (Å²) >= 11 is 0. The fourth-order valence-corrected chi connectivity index (χ4v) is 2.92. The Morgan fingerprint density at radius 2 is 1.97 bits per heavy atom. The molecule has 11 heteroatoms. The molecule has 0 aliphatic carbocycles. The van der Waals surface area contributed by atoms with Crippen LogP contribution >= 0.6 is 0 Å². The zero-order chi connectivity index (χ0) is 23.4. The van der Waals surface area contributed by atoms with Crippen molar-refractivity contribution < 1.29 is 35.9 Å². The number of carbonyl (C=O) groups is 2. The quantitative estimate of drug-likeness (QED) is 0.511. The third-order valence-corrected chi connectivity index (χ3v) is 4.54. The maximum atomic E-state index is 13.5. The molecule has 2 atom stereocenters. The van der Waals surface area contributed by atoms with Gasteiger partial charge in [0.2, 0.25) is 11.8 Å². The topological polar surface area (TPSA) is 71.1 Å². The number of pyridine rings is 1. The van der Waals surface area contributed by atoms with E-state index in [-0.39, 0.29) is 18.5 Å². The van der Waals surface area contributed by atoms with Crippen LogP contribution in [0, 0.1) is 5.92 Å². The van der Waals surface area contributed by atoms with E-state index in [9.17, 15) is 35.9 Å². The second-order valence-corrected chi connectivity index (χ2v) is 6.73. The van der Waals surface area contributed by atoms with Gasteiger partial charge in [-0.25, -0.2) is 0 Å². The summed E-state index contributed by atoms with van der Waals surface area (Å²) in [7, 11) is 0. The molecule has 1 saturated heterocycles. The fraction of sp³-hybridized carbons (Fsp3) is 0.350. The van der Waals surface area contributed by atoms with Crippen LogP contribution in [-0.4, -0.2) is 29.5 Å². The Labute approximate surface area is 173 Å². The van der Waals surface area contributed by atoms with Crippen LogP contribution in [0.25, 0.3) is 0 Å². The van der Waals surface area contributed by atoms with E-state index in [1.165, 1.54) is 0 Å². The maximum absolute atomic E-state index is 13.5. The highest BCUT2D eigenvalue weighted by Crippen LogP contribution is 2.36. The Morgan fingerprint density at radius 3 is 2.48 bits per heavy atom. The molecular formula is C20H19F6N3O2. The second kappa shape index (κ2) is 9.36. The summed E-state index contributed by atoms with van der Waals surface area (Å²) in [6.07, 6.45) is -6.29. The van der Waals surface area contributed by atoms with Crippen molar-refractivity contribution in [3.05, 3.63) is 65.5 Å². The molecule has 168 valence electrons. The molecule has 0 bridgehead atoms. The molecule has 31 heavy (non-hydrogen) atoms. The molecule has 1 aliphatic rings. The number of nitrogens with zero attached hydrogens (tertiary/aromatic N) is 1. The van der Waals surface area contributed by atoms with Crippen molar-refractivity contribution in [3.8, 4) is 0 Å². The number of aromatic nitrogens is 1. The van der Waals surface area contributed by atoms with Crippen molar-refractivity contribution in [1.29, 1.82) is 0 Å². The van der Waals surface area contributed by atoms with E-state index < -0.39 is 53.0 Å². The van der Waals surface area contributed by atoms with Crippen LogP contribution in [0.15, 0.2) is 54.3 Å². The highest BCUT2D eigenvalue weighted by molar-refractivity contribution is 5.89. The summed E-state index contributed by atoms with van der Waals surface area (Å²) in [6.45, 7) is 4.70. The smallest absolute Gasteiger partial charge is 0.355 e. The molecule has 1 unspecified atom stereocenters. The number of alkyl halides is 6. The van der Waals surface area contributed by atoms with Crippen molar-refractivity contribution in [3.63, 3.8) is 0 Å². The summed E-state index contributed by atoms with van der Waals surface area (Å²) in [5, 5.41) is 4.77. The summed E-state index contributed by atoms with van der Waals surface area (Å²) in [6, 6.07) is 0.223. The molecule has 2 heterocycles. The largest absolute Gasteiger partial charge is 0.418 e.